The lowest BCUT2D eigenvalue weighted by Gasteiger charge is -2.36. The van der Waals surface area contributed by atoms with E-state index < -0.39 is 4.92 Å². The molecule has 0 radical (unpaired) electrons. The number of amides is 2. The van der Waals surface area contributed by atoms with Gasteiger partial charge in [-0.25, -0.2) is 0 Å². The van der Waals surface area contributed by atoms with E-state index in [-0.39, 0.29) is 17.5 Å². The van der Waals surface area contributed by atoms with Crippen molar-refractivity contribution in [3.8, 4) is 0 Å². The van der Waals surface area contributed by atoms with Crippen LogP contribution in [-0.4, -0.2) is 70.7 Å². The number of rotatable bonds is 6. The van der Waals surface area contributed by atoms with Crippen molar-refractivity contribution in [3.63, 3.8) is 0 Å². The molecule has 1 fully saturated rings. The highest BCUT2D eigenvalue weighted by Crippen LogP contribution is 2.33. The van der Waals surface area contributed by atoms with E-state index in [1.54, 1.807) is 12.1 Å². The van der Waals surface area contributed by atoms with Gasteiger partial charge in [-0.2, -0.15) is 0 Å². The van der Waals surface area contributed by atoms with Gasteiger partial charge in [-0.15, -0.1) is 0 Å². The Labute approximate surface area is 158 Å². The van der Waals surface area contributed by atoms with Gasteiger partial charge < -0.3 is 9.80 Å². The third-order valence-electron chi connectivity index (χ3n) is 5.09. The molecule has 1 aromatic rings. The Morgan fingerprint density at radius 2 is 1.63 bits per heavy atom. The molecule has 0 bridgehead atoms. The number of carbonyl (C=O) groups is 2. The van der Waals surface area contributed by atoms with Gasteiger partial charge in [0.15, 0.2) is 0 Å². The molecule has 27 heavy (non-hydrogen) atoms. The zero-order chi connectivity index (χ0) is 19.6. The van der Waals surface area contributed by atoms with Crippen LogP contribution < -0.4 is 0 Å². The smallest absolute Gasteiger partial charge is 0.277 e. The van der Waals surface area contributed by atoms with E-state index in [0.29, 0.717) is 42.9 Å². The standard InChI is InChI=1S/C19H24N4O4/c1-3-9-22-18(24)16(14-5-7-15(8-6-14)23(26)27)17(19(22)25)21-12-10-20(4-2)11-13-21/h5-8H,3-4,9-13H2,1-2H3. The van der Waals surface area contributed by atoms with E-state index in [1.165, 1.54) is 17.0 Å². The Morgan fingerprint density at radius 1 is 1.00 bits per heavy atom. The van der Waals surface area contributed by atoms with Crippen molar-refractivity contribution in [2.45, 2.75) is 20.3 Å². The van der Waals surface area contributed by atoms with E-state index in [1.807, 2.05) is 11.8 Å². The van der Waals surface area contributed by atoms with E-state index in [0.717, 1.165) is 19.6 Å². The topological polar surface area (TPSA) is 87.0 Å². The Bertz CT molecular complexity index is 779. The van der Waals surface area contributed by atoms with Crippen molar-refractivity contribution in [2.75, 3.05) is 39.3 Å². The fraction of sp³-hybridized carbons (Fsp3) is 0.474. The lowest BCUT2D eigenvalue weighted by Crippen LogP contribution is -2.47. The molecule has 0 aliphatic carbocycles. The molecule has 0 atom stereocenters. The minimum absolute atomic E-state index is 0.0420. The summed E-state index contributed by atoms with van der Waals surface area (Å²) in [6, 6.07) is 5.84. The molecule has 3 rings (SSSR count). The molecule has 8 heteroatoms. The molecule has 2 aliphatic heterocycles. The van der Waals surface area contributed by atoms with E-state index >= 15 is 0 Å². The highest BCUT2D eigenvalue weighted by atomic mass is 16.6. The summed E-state index contributed by atoms with van der Waals surface area (Å²) >= 11 is 0. The lowest BCUT2D eigenvalue weighted by molar-refractivity contribution is -0.384. The minimum atomic E-state index is -0.478. The Morgan fingerprint density at radius 3 is 2.15 bits per heavy atom. The molecule has 0 saturated carbocycles. The number of nitro benzene ring substituents is 1. The minimum Gasteiger partial charge on any atom is -0.364 e. The van der Waals surface area contributed by atoms with Crippen LogP contribution in [0.2, 0.25) is 0 Å². The number of benzene rings is 1. The molecule has 0 unspecified atom stereocenters. The molecule has 144 valence electrons. The second-order valence-electron chi connectivity index (χ2n) is 6.71. The number of non-ortho nitro benzene ring substituents is 1. The molecule has 0 N–H and O–H groups in total. The molecule has 0 spiro atoms. The summed E-state index contributed by atoms with van der Waals surface area (Å²) < 4.78 is 0. The summed E-state index contributed by atoms with van der Waals surface area (Å²) in [6.07, 6.45) is 0.682. The van der Waals surface area contributed by atoms with Gasteiger partial charge >= 0.3 is 0 Å². The Kier molecular flexibility index (Phi) is 5.55. The summed E-state index contributed by atoms with van der Waals surface area (Å²) in [4.78, 5) is 42.0. The first-order valence-corrected chi connectivity index (χ1v) is 9.30. The van der Waals surface area contributed by atoms with Gasteiger partial charge in [0.1, 0.15) is 5.70 Å². The van der Waals surface area contributed by atoms with E-state index in [2.05, 4.69) is 11.8 Å². The molecule has 2 amide bonds. The monoisotopic (exact) mass is 372 g/mol. The second-order valence-corrected chi connectivity index (χ2v) is 6.71. The van der Waals surface area contributed by atoms with Crippen molar-refractivity contribution < 1.29 is 14.5 Å². The number of piperazine rings is 1. The molecule has 1 saturated heterocycles. The van der Waals surface area contributed by atoms with E-state index in [4.69, 9.17) is 0 Å². The molecule has 2 aliphatic rings. The fourth-order valence-corrected chi connectivity index (χ4v) is 3.58. The van der Waals surface area contributed by atoms with Crippen molar-refractivity contribution in [1.29, 1.82) is 0 Å². The van der Waals surface area contributed by atoms with Crippen molar-refractivity contribution in [1.82, 2.24) is 14.7 Å². The zero-order valence-corrected chi connectivity index (χ0v) is 15.7. The van der Waals surface area contributed by atoms with Crippen LogP contribution in [0.25, 0.3) is 5.57 Å². The molecule has 2 heterocycles. The van der Waals surface area contributed by atoms with Gasteiger partial charge in [-0.05, 0) is 30.7 Å². The first-order chi connectivity index (χ1) is 13.0. The van der Waals surface area contributed by atoms with Gasteiger partial charge in [0.05, 0.1) is 10.5 Å². The lowest BCUT2D eigenvalue weighted by atomic mass is 10.0. The normalized spacial score (nSPS) is 18.6. The SMILES string of the molecule is CCCN1C(=O)C(c2ccc([N+](=O)[O-])cc2)=C(N2CCN(CC)CC2)C1=O. The number of likely N-dealkylation sites (N-methyl/N-ethyl adjacent to an activating group) is 1. The second kappa shape index (κ2) is 7.87. The average molecular weight is 372 g/mol. The summed E-state index contributed by atoms with van der Waals surface area (Å²) in [6.45, 7) is 8.38. The average Bonchev–Trinajstić information content (AvgIpc) is 2.93. The van der Waals surface area contributed by atoms with Crippen LogP contribution in [0.4, 0.5) is 5.69 Å². The number of nitro groups is 1. The summed E-state index contributed by atoms with van der Waals surface area (Å²) in [5.41, 5.74) is 1.29. The third kappa shape index (κ3) is 3.57. The maximum Gasteiger partial charge on any atom is 0.277 e. The van der Waals surface area contributed by atoms with Crippen LogP contribution >= 0.6 is 0 Å². The van der Waals surface area contributed by atoms with Crippen LogP contribution in [0.15, 0.2) is 30.0 Å². The highest BCUT2D eigenvalue weighted by molar-refractivity contribution is 6.35. The maximum atomic E-state index is 13.0. The van der Waals surface area contributed by atoms with Gasteiger partial charge in [-0.1, -0.05) is 13.8 Å². The molecule has 0 aromatic heterocycles. The summed E-state index contributed by atoms with van der Waals surface area (Å²) in [5, 5.41) is 10.9. The number of hydrogen-bond acceptors (Lipinski definition) is 6. The van der Waals surface area contributed by atoms with Crippen LogP contribution in [0.5, 0.6) is 0 Å². The predicted molar refractivity (Wildman–Crippen MR) is 101 cm³/mol. The number of nitrogens with zero attached hydrogens (tertiary/aromatic N) is 4. The number of carbonyl (C=O) groups excluding carboxylic acids is 2. The highest BCUT2D eigenvalue weighted by Gasteiger charge is 2.41. The number of imide groups is 1. The largest absolute Gasteiger partial charge is 0.364 e. The first kappa shape index (κ1) is 19.0. The molecule has 1 aromatic carbocycles. The van der Waals surface area contributed by atoms with Crippen LogP contribution in [0.3, 0.4) is 0 Å². The zero-order valence-electron chi connectivity index (χ0n) is 15.7. The van der Waals surface area contributed by atoms with Crippen LogP contribution in [0, 0.1) is 10.1 Å². The maximum absolute atomic E-state index is 13.0. The van der Waals surface area contributed by atoms with Crippen molar-refractivity contribution in [3.05, 3.63) is 45.6 Å². The van der Waals surface area contributed by atoms with Gasteiger partial charge in [0.2, 0.25) is 0 Å². The van der Waals surface area contributed by atoms with Crippen LogP contribution in [0.1, 0.15) is 25.8 Å². The molecular weight excluding hydrogens is 348 g/mol. The third-order valence-corrected chi connectivity index (χ3v) is 5.09. The summed E-state index contributed by atoms with van der Waals surface area (Å²) in [7, 11) is 0. The Hall–Kier alpha value is -2.74. The molecular formula is C19H24N4O4. The van der Waals surface area contributed by atoms with Crippen molar-refractivity contribution >= 4 is 23.1 Å². The van der Waals surface area contributed by atoms with Gasteiger partial charge in [0.25, 0.3) is 17.5 Å². The van der Waals surface area contributed by atoms with Crippen LogP contribution in [-0.2, 0) is 9.59 Å². The quantitative estimate of drug-likeness (QED) is 0.429. The molecule has 8 nitrogen and oxygen atoms in total. The van der Waals surface area contributed by atoms with Crippen molar-refractivity contribution in [2.24, 2.45) is 0 Å². The van der Waals surface area contributed by atoms with Gasteiger partial charge in [-0.3, -0.25) is 24.6 Å². The fourth-order valence-electron chi connectivity index (χ4n) is 3.58. The van der Waals surface area contributed by atoms with Gasteiger partial charge in [0, 0.05) is 44.9 Å². The van der Waals surface area contributed by atoms with E-state index in [9.17, 15) is 19.7 Å². The first-order valence-electron chi connectivity index (χ1n) is 9.30. The predicted octanol–water partition coefficient (Wildman–Crippen LogP) is 1.72. The number of hydrogen-bond donors (Lipinski definition) is 0. The summed E-state index contributed by atoms with van der Waals surface area (Å²) in [5.74, 6) is -0.580. The Balaban J connectivity index is 2.00.